The topological polar surface area (TPSA) is 59.9 Å². The average Bonchev–Trinajstić information content (AvgIpc) is 2.24. The smallest absolute Gasteiger partial charge is 0.156 e. The number of aliphatic hydroxyl groups is 1. The molecule has 0 radical (unpaired) electrons. The van der Waals surface area contributed by atoms with E-state index in [4.69, 9.17) is 0 Å². The molecule has 5 nitrogen and oxygen atoms in total. The molecule has 18 heavy (non-hydrogen) atoms. The van der Waals surface area contributed by atoms with E-state index in [-0.39, 0.29) is 6.04 Å². The van der Waals surface area contributed by atoms with Crippen LogP contribution >= 0.6 is 0 Å². The predicted molar refractivity (Wildman–Crippen MR) is 75.0 cm³/mol. The normalized spacial score (nSPS) is 20.6. The van der Waals surface area contributed by atoms with Crippen LogP contribution in [0.4, 0.5) is 0 Å². The zero-order chi connectivity index (χ0) is 13.9. The van der Waals surface area contributed by atoms with Crippen molar-refractivity contribution < 1.29 is 5.11 Å². The van der Waals surface area contributed by atoms with Gasteiger partial charge in [-0.15, -0.1) is 0 Å². The average molecular weight is 252 g/mol. The van der Waals surface area contributed by atoms with Gasteiger partial charge in [0.25, 0.3) is 0 Å². The van der Waals surface area contributed by atoms with Gasteiger partial charge < -0.3 is 15.3 Å². The second kappa shape index (κ2) is 6.02. The summed E-state index contributed by atoms with van der Waals surface area (Å²) in [5.74, 6) is 0.746. The molecule has 3 N–H and O–H groups in total. The van der Waals surface area contributed by atoms with E-state index in [1.54, 1.807) is 7.05 Å². The molecular weight excluding hydrogens is 228 g/mol. The SMILES string of the molecule is CN/C(=C1/N=C(C)C=C(C)N1C)C(O)NC(C)C. The van der Waals surface area contributed by atoms with Crippen molar-refractivity contribution in [3.8, 4) is 0 Å². The van der Waals surface area contributed by atoms with E-state index < -0.39 is 6.23 Å². The van der Waals surface area contributed by atoms with Gasteiger partial charge in [-0.2, -0.15) is 0 Å². The van der Waals surface area contributed by atoms with E-state index in [1.165, 1.54) is 0 Å². The fourth-order valence-electron chi connectivity index (χ4n) is 1.85. The van der Waals surface area contributed by atoms with Crippen LogP contribution in [-0.2, 0) is 0 Å². The quantitative estimate of drug-likeness (QED) is 0.653. The summed E-state index contributed by atoms with van der Waals surface area (Å²) in [7, 11) is 3.73. The standard InChI is InChI=1S/C13H24N4O/c1-8(2)15-13(18)11(14-5)12-16-9(3)7-10(4)17(12)6/h7-8,13-15,18H,1-6H3/b12-11-. The summed E-state index contributed by atoms with van der Waals surface area (Å²) in [6, 6.07) is 0.194. The number of hydrogen-bond acceptors (Lipinski definition) is 5. The maximum Gasteiger partial charge on any atom is 0.156 e. The first-order valence-electron chi connectivity index (χ1n) is 6.20. The van der Waals surface area contributed by atoms with Crippen molar-refractivity contribution >= 4 is 5.71 Å². The molecule has 1 atom stereocenters. The Morgan fingerprint density at radius 3 is 2.50 bits per heavy atom. The number of rotatable bonds is 4. The lowest BCUT2D eigenvalue weighted by atomic mass is 10.2. The molecule has 0 aromatic carbocycles. The van der Waals surface area contributed by atoms with Crippen LogP contribution in [0.1, 0.15) is 27.7 Å². The van der Waals surface area contributed by atoms with E-state index >= 15 is 0 Å². The van der Waals surface area contributed by atoms with E-state index in [9.17, 15) is 5.11 Å². The Morgan fingerprint density at radius 1 is 1.39 bits per heavy atom. The number of likely N-dealkylation sites (N-methyl/N-ethyl adjacent to an activating group) is 1. The highest BCUT2D eigenvalue weighted by Crippen LogP contribution is 2.20. The Balaban J connectivity index is 3.11. The van der Waals surface area contributed by atoms with Crippen LogP contribution in [0.2, 0.25) is 0 Å². The molecule has 0 saturated heterocycles. The van der Waals surface area contributed by atoms with Gasteiger partial charge in [0.1, 0.15) is 6.23 Å². The van der Waals surface area contributed by atoms with E-state index in [1.807, 2.05) is 45.7 Å². The summed E-state index contributed by atoms with van der Waals surface area (Å²) in [6.07, 6.45) is 1.26. The third-order valence-electron chi connectivity index (χ3n) is 2.82. The van der Waals surface area contributed by atoms with E-state index in [2.05, 4.69) is 15.6 Å². The van der Waals surface area contributed by atoms with Gasteiger partial charge in [-0.1, -0.05) is 0 Å². The zero-order valence-corrected chi connectivity index (χ0v) is 12.1. The van der Waals surface area contributed by atoms with Crippen LogP contribution in [0.15, 0.2) is 28.3 Å². The molecule has 0 aromatic rings. The summed E-state index contributed by atoms with van der Waals surface area (Å²) in [4.78, 5) is 6.46. The molecule has 0 fully saturated rings. The van der Waals surface area contributed by atoms with Gasteiger partial charge in [-0.25, -0.2) is 4.99 Å². The fraction of sp³-hybridized carbons (Fsp3) is 0.615. The molecule has 1 aliphatic heterocycles. The summed E-state index contributed by atoms with van der Waals surface area (Å²) >= 11 is 0. The second-order valence-corrected chi connectivity index (χ2v) is 4.81. The Kier molecular flexibility index (Phi) is 4.93. The lowest BCUT2D eigenvalue weighted by Crippen LogP contribution is -2.41. The van der Waals surface area contributed by atoms with Crippen molar-refractivity contribution in [2.24, 2.45) is 4.99 Å². The van der Waals surface area contributed by atoms with Crippen LogP contribution < -0.4 is 10.6 Å². The molecule has 0 spiro atoms. The molecule has 1 aliphatic rings. The summed E-state index contributed by atoms with van der Waals surface area (Å²) < 4.78 is 0. The van der Waals surface area contributed by atoms with Gasteiger partial charge in [0.05, 0.1) is 5.70 Å². The molecule has 0 bridgehead atoms. The highest BCUT2D eigenvalue weighted by atomic mass is 16.3. The van der Waals surface area contributed by atoms with Gasteiger partial charge in [0.2, 0.25) is 0 Å². The first-order chi connectivity index (χ1) is 8.36. The van der Waals surface area contributed by atoms with Crippen molar-refractivity contribution in [1.29, 1.82) is 0 Å². The van der Waals surface area contributed by atoms with Gasteiger partial charge in [0, 0.05) is 31.5 Å². The Morgan fingerprint density at radius 2 is 2.00 bits per heavy atom. The molecule has 1 unspecified atom stereocenters. The minimum Gasteiger partial charge on any atom is -0.385 e. The highest BCUT2D eigenvalue weighted by molar-refractivity contribution is 5.94. The van der Waals surface area contributed by atoms with Gasteiger partial charge >= 0.3 is 0 Å². The lowest BCUT2D eigenvalue weighted by Gasteiger charge is -2.29. The lowest BCUT2D eigenvalue weighted by molar-refractivity contribution is 0.151. The number of nitrogens with zero attached hydrogens (tertiary/aromatic N) is 2. The van der Waals surface area contributed by atoms with Crippen molar-refractivity contribution in [3.63, 3.8) is 0 Å². The second-order valence-electron chi connectivity index (χ2n) is 4.81. The molecule has 0 saturated carbocycles. The first-order valence-corrected chi connectivity index (χ1v) is 6.20. The minimum absolute atomic E-state index is 0.194. The number of aliphatic imine (C=N–C) groups is 1. The number of allylic oxidation sites excluding steroid dienone is 2. The van der Waals surface area contributed by atoms with Crippen LogP contribution in [0, 0.1) is 0 Å². The van der Waals surface area contributed by atoms with Crippen LogP contribution in [0.5, 0.6) is 0 Å². The van der Waals surface area contributed by atoms with E-state index in [0.29, 0.717) is 5.70 Å². The Hall–Kier alpha value is -1.33. The van der Waals surface area contributed by atoms with Crippen molar-refractivity contribution in [2.45, 2.75) is 40.0 Å². The van der Waals surface area contributed by atoms with Crippen LogP contribution in [0.25, 0.3) is 0 Å². The largest absolute Gasteiger partial charge is 0.385 e. The van der Waals surface area contributed by atoms with Gasteiger partial charge in [0.15, 0.2) is 5.82 Å². The molecule has 0 aromatic heterocycles. The monoisotopic (exact) mass is 252 g/mol. The Labute approximate surface area is 109 Å². The zero-order valence-electron chi connectivity index (χ0n) is 12.1. The Bertz CT molecular complexity index is 396. The number of aliphatic hydroxyl groups excluding tert-OH is 1. The molecule has 5 heteroatoms. The third kappa shape index (κ3) is 3.34. The van der Waals surface area contributed by atoms with Crippen LogP contribution in [-0.4, -0.2) is 42.1 Å². The fourth-order valence-corrected chi connectivity index (χ4v) is 1.85. The molecule has 1 rings (SSSR count). The van der Waals surface area contributed by atoms with Gasteiger partial charge in [-0.3, -0.25) is 5.32 Å². The van der Waals surface area contributed by atoms with Crippen molar-refractivity contribution in [2.75, 3.05) is 14.1 Å². The minimum atomic E-state index is -0.755. The summed E-state index contributed by atoms with van der Waals surface area (Å²) in [5, 5.41) is 16.3. The first kappa shape index (κ1) is 14.7. The van der Waals surface area contributed by atoms with Crippen molar-refractivity contribution in [1.82, 2.24) is 15.5 Å². The molecule has 102 valence electrons. The summed E-state index contributed by atoms with van der Waals surface area (Å²) in [5.41, 5.74) is 2.71. The molecule has 1 heterocycles. The maximum atomic E-state index is 10.2. The maximum absolute atomic E-state index is 10.2. The van der Waals surface area contributed by atoms with Gasteiger partial charge in [-0.05, 0) is 33.8 Å². The van der Waals surface area contributed by atoms with E-state index in [0.717, 1.165) is 17.2 Å². The predicted octanol–water partition coefficient (Wildman–Crippen LogP) is 1.00. The van der Waals surface area contributed by atoms with Crippen molar-refractivity contribution in [3.05, 3.63) is 23.3 Å². The summed E-state index contributed by atoms with van der Waals surface area (Å²) in [6.45, 7) is 7.95. The molecule has 0 amide bonds. The van der Waals surface area contributed by atoms with Crippen LogP contribution in [0.3, 0.4) is 0 Å². The molecule has 0 aliphatic carbocycles. The number of nitrogens with one attached hydrogen (secondary N) is 2. The third-order valence-corrected chi connectivity index (χ3v) is 2.82. The number of hydrogen-bond donors (Lipinski definition) is 3. The molecular formula is C13H24N4O. The highest BCUT2D eigenvalue weighted by Gasteiger charge is 2.21.